The molecule has 0 aromatic heterocycles. The van der Waals surface area contributed by atoms with Gasteiger partial charge < -0.3 is 9.84 Å². The number of halogens is 4. The van der Waals surface area contributed by atoms with Crippen LogP contribution in [-0.2, 0) is 11.0 Å². The summed E-state index contributed by atoms with van der Waals surface area (Å²) in [5.41, 5.74) is -1.70. The Labute approximate surface area is 154 Å². The van der Waals surface area contributed by atoms with Crippen LogP contribution in [0.5, 0.6) is 11.5 Å². The summed E-state index contributed by atoms with van der Waals surface area (Å²) in [6, 6.07) is 5.65. The van der Waals surface area contributed by atoms with Gasteiger partial charge in [-0.15, -0.1) is 0 Å². The SMILES string of the molecule is O=C(O)C(S)c1cc(Oc2ccc(C(F)(F)F)cc2Cl)ccc1[N+](=O)[O-]. The molecule has 0 fully saturated rings. The number of hydrogen-bond acceptors (Lipinski definition) is 5. The zero-order chi connectivity index (χ0) is 19.6. The van der Waals surface area contributed by atoms with Gasteiger partial charge >= 0.3 is 12.1 Å². The first-order valence-corrected chi connectivity index (χ1v) is 7.64. The van der Waals surface area contributed by atoms with Crippen molar-refractivity contribution in [2.24, 2.45) is 0 Å². The van der Waals surface area contributed by atoms with Crippen LogP contribution in [0, 0.1) is 10.1 Å². The second kappa shape index (κ2) is 7.42. The van der Waals surface area contributed by atoms with Crippen molar-refractivity contribution in [3.63, 3.8) is 0 Å². The lowest BCUT2D eigenvalue weighted by atomic mass is 10.1. The number of ether oxygens (including phenoxy) is 1. The van der Waals surface area contributed by atoms with E-state index in [-0.39, 0.29) is 22.1 Å². The molecule has 0 radical (unpaired) electrons. The molecule has 0 amide bonds. The molecule has 1 unspecified atom stereocenters. The third-order valence-corrected chi connectivity index (χ3v) is 4.01. The second-order valence-electron chi connectivity index (χ2n) is 4.96. The summed E-state index contributed by atoms with van der Waals surface area (Å²) in [6.07, 6.45) is -4.58. The summed E-state index contributed by atoms with van der Waals surface area (Å²) < 4.78 is 43.2. The molecule has 0 aliphatic rings. The lowest BCUT2D eigenvalue weighted by Gasteiger charge is -2.13. The molecule has 0 aliphatic heterocycles. The summed E-state index contributed by atoms with van der Waals surface area (Å²) in [5, 5.41) is 18.2. The minimum absolute atomic E-state index is 0.0486. The Kier molecular flexibility index (Phi) is 5.67. The van der Waals surface area contributed by atoms with Gasteiger partial charge in [-0.1, -0.05) is 11.6 Å². The number of nitrogens with zero attached hydrogens (tertiary/aromatic N) is 1. The van der Waals surface area contributed by atoms with E-state index >= 15 is 0 Å². The summed E-state index contributed by atoms with van der Waals surface area (Å²) >= 11 is 9.58. The molecule has 11 heteroatoms. The first-order chi connectivity index (χ1) is 12.0. The van der Waals surface area contributed by atoms with Crippen LogP contribution >= 0.6 is 24.2 Å². The second-order valence-corrected chi connectivity index (χ2v) is 5.89. The molecule has 0 heterocycles. The van der Waals surface area contributed by atoms with Gasteiger partial charge in [0.25, 0.3) is 5.69 Å². The Bertz CT molecular complexity index is 875. The Hall–Kier alpha value is -2.46. The van der Waals surface area contributed by atoms with Crippen molar-refractivity contribution in [3.8, 4) is 11.5 Å². The maximum absolute atomic E-state index is 12.6. The number of hydrogen-bond donors (Lipinski definition) is 2. The fourth-order valence-corrected chi connectivity index (χ4v) is 2.43. The number of thiol groups is 1. The molecule has 0 bridgehead atoms. The number of carbonyl (C=O) groups is 1. The summed E-state index contributed by atoms with van der Waals surface area (Å²) in [4.78, 5) is 21.3. The van der Waals surface area contributed by atoms with Crippen LogP contribution in [0.2, 0.25) is 5.02 Å². The lowest BCUT2D eigenvalue weighted by Crippen LogP contribution is -2.08. The molecule has 1 atom stereocenters. The average molecular weight is 408 g/mol. The molecule has 0 spiro atoms. The van der Waals surface area contributed by atoms with Crippen LogP contribution in [0.4, 0.5) is 18.9 Å². The Morgan fingerprint density at radius 1 is 1.27 bits per heavy atom. The molecule has 6 nitrogen and oxygen atoms in total. The van der Waals surface area contributed by atoms with Crippen LogP contribution < -0.4 is 4.74 Å². The largest absolute Gasteiger partial charge is 0.480 e. The maximum Gasteiger partial charge on any atom is 0.416 e. The van der Waals surface area contributed by atoms with Crippen molar-refractivity contribution >= 4 is 35.9 Å². The number of alkyl halides is 3. The van der Waals surface area contributed by atoms with Gasteiger partial charge in [-0.3, -0.25) is 14.9 Å². The highest BCUT2D eigenvalue weighted by Crippen LogP contribution is 2.38. The van der Waals surface area contributed by atoms with Gasteiger partial charge in [0.1, 0.15) is 16.7 Å². The maximum atomic E-state index is 12.6. The van der Waals surface area contributed by atoms with E-state index in [1.807, 2.05) is 0 Å². The van der Waals surface area contributed by atoms with Crippen molar-refractivity contribution in [2.45, 2.75) is 11.4 Å². The highest BCUT2D eigenvalue weighted by molar-refractivity contribution is 7.81. The number of nitro groups is 1. The van der Waals surface area contributed by atoms with E-state index in [4.69, 9.17) is 21.4 Å². The lowest BCUT2D eigenvalue weighted by molar-refractivity contribution is -0.385. The van der Waals surface area contributed by atoms with E-state index in [1.54, 1.807) is 0 Å². The van der Waals surface area contributed by atoms with Crippen molar-refractivity contribution in [2.75, 3.05) is 0 Å². The van der Waals surface area contributed by atoms with E-state index in [9.17, 15) is 28.1 Å². The number of carboxylic acids is 1. The average Bonchev–Trinajstić information content (AvgIpc) is 2.54. The molecule has 2 rings (SSSR count). The van der Waals surface area contributed by atoms with Crippen LogP contribution in [0.15, 0.2) is 36.4 Å². The molecule has 138 valence electrons. The molecule has 0 saturated heterocycles. The molecule has 1 N–H and O–H groups in total. The quantitative estimate of drug-likeness (QED) is 0.408. The van der Waals surface area contributed by atoms with Crippen molar-refractivity contribution in [3.05, 3.63) is 62.7 Å². The highest BCUT2D eigenvalue weighted by atomic mass is 35.5. The smallest absolute Gasteiger partial charge is 0.416 e. The van der Waals surface area contributed by atoms with E-state index in [1.165, 1.54) is 0 Å². The van der Waals surface area contributed by atoms with E-state index < -0.39 is 33.6 Å². The van der Waals surface area contributed by atoms with Gasteiger partial charge in [0, 0.05) is 6.07 Å². The Balaban J connectivity index is 2.40. The van der Waals surface area contributed by atoms with Crippen LogP contribution in [0.25, 0.3) is 0 Å². The van der Waals surface area contributed by atoms with E-state index in [2.05, 4.69) is 12.6 Å². The third-order valence-electron chi connectivity index (χ3n) is 3.21. The third kappa shape index (κ3) is 4.38. The normalized spacial score (nSPS) is 12.5. The van der Waals surface area contributed by atoms with Gasteiger partial charge in [0.05, 0.1) is 21.1 Å². The summed E-state index contributed by atoms with van der Waals surface area (Å²) in [6.45, 7) is 0. The van der Waals surface area contributed by atoms with Crippen molar-refractivity contribution in [1.82, 2.24) is 0 Å². The van der Waals surface area contributed by atoms with Gasteiger partial charge in [0.15, 0.2) is 0 Å². The van der Waals surface area contributed by atoms with Gasteiger partial charge in [-0.05, 0) is 30.3 Å². The number of carboxylic acid groups (broad SMARTS) is 1. The Morgan fingerprint density at radius 2 is 1.92 bits per heavy atom. The molecular formula is C15H9ClF3NO5S. The number of nitro benzene ring substituents is 1. The summed E-state index contributed by atoms with van der Waals surface area (Å²) in [7, 11) is 0. The molecular weight excluding hydrogens is 399 g/mol. The Morgan fingerprint density at radius 3 is 2.42 bits per heavy atom. The molecule has 2 aromatic rings. The number of rotatable bonds is 5. The molecule has 2 aromatic carbocycles. The van der Waals surface area contributed by atoms with Crippen LogP contribution in [0.3, 0.4) is 0 Å². The van der Waals surface area contributed by atoms with Crippen LogP contribution in [-0.4, -0.2) is 16.0 Å². The van der Waals surface area contributed by atoms with Crippen LogP contribution in [0.1, 0.15) is 16.4 Å². The van der Waals surface area contributed by atoms with E-state index in [0.29, 0.717) is 6.07 Å². The van der Waals surface area contributed by atoms with Crippen molar-refractivity contribution in [1.29, 1.82) is 0 Å². The predicted octanol–water partition coefficient (Wildman–Crippen LogP) is 5.11. The zero-order valence-electron chi connectivity index (χ0n) is 12.5. The van der Waals surface area contributed by atoms with Gasteiger partial charge in [-0.2, -0.15) is 25.8 Å². The predicted molar refractivity (Wildman–Crippen MR) is 89.0 cm³/mol. The summed E-state index contributed by atoms with van der Waals surface area (Å²) in [5.74, 6) is -1.60. The first kappa shape index (κ1) is 19.9. The molecule has 0 saturated carbocycles. The van der Waals surface area contributed by atoms with Gasteiger partial charge in [-0.25, -0.2) is 0 Å². The standard InChI is InChI=1S/C15H9ClF3NO5S/c16-10-5-7(15(17,18)19)1-4-12(10)25-8-2-3-11(20(23)24)9(6-8)13(26)14(21)22/h1-6,13,26H,(H,21,22). The molecule has 26 heavy (non-hydrogen) atoms. The zero-order valence-corrected chi connectivity index (χ0v) is 14.2. The van der Waals surface area contributed by atoms with E-state index in [0.717, 1.165) is 30.3 Å². The van der Waals surface area contributed by atoms with Gasteiger partial charge in [0.2, 0.25) is 0 Å². The fourth-order valence-electron chi connectivity index (χ4n) is 2.00. The number of aliphatic carboxylic acids is 1. The topological polar surface area (TPSA) is 89.7 Å². The first-order valence-electron chi connectivity index (χ1n) is 6.74. The van der Waals surface area contributed by atoms with Crippen molar-refractivity contribution < 1.29 is 32.7 Å². The minimum atomic E-state index is -4.58. The minimum Gasteiger partial charge on any atom is -0.480 e. The molecule has 0 aliphatic carbocycles. The monoisotopic (exact) mass is 407 g/mol. The highest BCUT2D eigenvalue weighted by Gasteiger charge is 2.31. The number of benzene rings is 2. The fraction of sp³-hybridized carbons (Fsp3) is 0.133.